The first-order valence-corrected chi connectivity index (χ1v) is 12.4. The molecule has 36 heavy (non-hydrogen) atoms. The number of carbonyl (C=O) groups excluding carboxylic acids is 1. The van der Waals surface area contributed by atoms with E-state index in [2.05, 4.69) is 26.6 Å². The number of halogens is 1. The van der Waals surface area contributed by atoms with E-state index in [9.17, 15) is 9.90 Å². The minimum Gasteiger partial charge on any atom is -0.503 e. The van der Waals surface area contributed by atoms with Crippen LogP contribution in [-0.4, -0.2) is 32.2 Å². The molecule has 186 valence electrons. The summed E-state index contributed by atoms with van der Waals surface area (Å²) < 4.78 is 17.0. The number of anilines is 2. The van der Waals surface area contributed by atoms with Crippen molar-refractivity contribution < 1.29 is 24.1 Å². The van der Waals surface area contributed by atoms with Gasteiger partial charge < -0.3 is 30.0 Å². The monoisotopic (exact) mass is 550 g/mol. The predicted octanol–water partition coefficient (Wildman–Crippen LogP) is 6.16. The third-order valence-electron chi connectivity index (χ3n) is 6.79. The van der Waals surface area contributed by atoms with Crippen LogP contribution in [0.25, 0.3) is 0 Å². The number of ether oxygens (including phenoxy) is 3. The molecule has 5 rings (SSSR count). The van der Waals surface area contributed by atoms with Crippen LogP contribution in [0.2, 0.25) is 0 Å². The number of benzene rings is 3. The van der Waals surface area contributed by atoms with Crippen LogP contribution in [0, 0.1) is 0 Å². The zero-order valence-corrected chi connectivity index (χ0v) is 21.8. The van der Waals surface area contributed by atoms with Crippen LogP contribution < -0.4 is 24.8 Å². The Balaban J connectivity index is 1.64. The highest BCUT2D eigenvalue weighted by Gasteiger charge is 2.37. The minimum absolute atomic E-state index is 0.0164. The number of hydrogen-bond donors (Lipinski definition) is 3. The van der Waals surface area contributed by atoms with Crippen LogP contribution in [0.5, 0.6) is 23.0 Å². The second-order valence-electron chi connectivity index (χ2n) is 8.83. The van der Waals surface area contributed by atoms with Gasteiger partial charge in [-0.2, -0.15) is 0 Å². The maximum absolute atomic E-state index is 13.9. The molecule has 7 nitrogen and oxygen atoms in total. The molecule has 0 radical (unpaired) electrons. The second kappa shape index (κ2) is 9.78. The molecule has 2 aliphatic rings. The lowest BCUT2D eigenvalue weighted by atomic mass is 9.78. The summed E-state index contributed by atoms with van der Waals surface area (Å²) in [5.74, 6) is 1.75. The van der Waals surface area contributed by atoms with Gasteiger partial charge in [0, 0.05) is 29.2 Å². The van der Waals surface area contributed by atoms with Crippen molar-refractivity contribution >= 4 is 33.1 Å². The van der Waals surface area contributed by atoms with Gasteiger partial charge in [-0.1, -0.05) is 12.1 Å². The fourth-order valence-electron chi connectivity index (χ4n) is 5.04. The Bertz CT molecular complexity index is 1370. The second-order valence-corrected chi connectivity index (χ2v) is 9.68. The van der Waals surface area contributed by atoms with E-state index >= 15 is 0 Å². The van der Waals surface area contributed by atoms with Crippen molar-refractivity contribution in [2.45, 2.75) is 24.8 Å². The van der Waals surface area contributed by atoms with Crippen molar-refractivity contribution in [3.8, 4) is 23.0 Å². The van der Waals surface area contributed by atoms with Gasteiger partial charge in [0.05, 0.1) is 43.2 Å². The molecule has 1 aliphatic heterocycles. The van der Waals surface area contributed by atoms with Gasteiger partial charge in [-0.3, -0.25) is 4.79 Å². The lowest BCUT2D eigenvalue weighted by molar-refractivity contribution is -0.116. The van der Waals surface area contributed by atoms with Crippen LogP contribution in [0.15, 0.2) is 70.3 Å². The molecule has 3 N–H and O–H groups in total. The van der Waals surface area contributed by atoms with Crippen LogP contribution in [0.4, 0.5) is 11.4 Å². The fraction of sp³-hybridized carbons (Fsp3) is 0.250. The van der Waals surface area contributed by atoms with E-state index in [4.69, 9.17) is 14.2 Å². The number of phenolic OH excluding ortho intramolecular Hbond substituents is 1. The highest BCUT2D eigenvalue weighted by Crippen LogP contribution is 2.47. The van der Waals surface area contributed by atoms with E-state index in [1.54, 1.807) is 20.3 Å². The largest absolute Gasteiger partial charge is 0.503 e. The molecule has 0 aromatic heterocycles. The van der Waals surface area contributed by atoms with Crippen molar-refractivity contribution in [3.05, 3.63) is 81.5 Å². The number of allylic oxidation sites excluding steroid dienone is 1. The van der Waals surface area contributed by atoms with Crippen molar-refractivity contribution in [1.29, 1.82) is 0 Å². The molecule has 2 unspecified atom stereocenters. The molecule has 0 bridgehead atoms. The first-order chi connectivity index (χ1) is 17.4. The molecule has 0 saturated carbocycles. The van der Waals surface area contributed by atoms with Gasteiger partial charge in [0.15, 0.2) is 17.3 Å². The lowest BCUT2D eigenvalue weighted by Crippen LogP contribution is -2.27. The van der Waals surface area contributed by atoms with Crippen LogP contribution in [0.1, 0.15) is 35.9 Å². The first-order valence-electron chi connectivity index (χ1n) is 11.6. The van der Waals surface area contributed by atoms with Crippen molar-refractivity contribution in [1.82, 2.24) is 0 Å². The third kappa shape index (κ3) is 4.26. The Morgan fingerprint density at radius 1 is 0.917 bits per heavy atom. The fourth-order valence-corrected chi connectivity index (χ4v) is 5.50. The highest BCUT2D eigenvalue weighted by molar-refractivity contribution is 9.10. The highest BCUT2D eigenvalue weighted by atomic mass is 79.9. The molecule has 1 aliphatic carbocycles. The Kier molecular flexibility index (Phi) is 6.53. The summed E-state index contributed by atoms with van der Waals surface area (Å²) in [7, 11) is 4.77. The zero-order chi connectivity index (χ0) is 25.4. The number of aromatic hydroxyl groups is 1. The lowest BCUT2D eigenvalue weighted by Gasteiger charge is -2.31. The van der Waals surface area contributed by atoms with Crippen LogP contribution in [-0.2, 0) is 4.79 Å². The van der Waals surface area contributed by atoms with E-state index in [-0.39, 0.29) is 17.5 Å². The van der Waals surface area contributed by atoms with Gasteiger partial charge in [0.1, 0.15) is 11.5 Å². The number of Topliss-reactive ketones (excluding diaryl/α,β-unsaturated/α-hetero) is 1. The molecule has 3 aromatic carbocycles. The average Bonchev–Trinajstić information content (AvgIpc) is 3.06. The van der Waals surface area contributed by atoms with E-state index in [1.165, 1.54) is 7.11 Å². The molecule has 8 heteroatoms. The smallest absolute Gasteiger partial charge is 0.172 e. The van der Waals surface area contributed by atoms with Crippen LogP contribution in [0.3, 0.4) is 0 Å². The molecule has 0 fully saturated rings. The number of para-hydroxylation sites is 2. The normalized spacial score (nSPS) is 18.8. The van der Waals surface area contributed by atoms with Crippen molar-refractivity contribution in [2.24, 2.45) is 0 Å². The van der Waals surface area contributed by atoms with E-state index in [1.807, 2.05) is 48.5 Å². The summed E-state index contributed by atoms with van der Waals surface area (Å²) in [5.41, 5.74) is 5.03. The molecule has 1 heterocycles. The number of hydrogen-bond acceptors (Lipinski definition) is 7. The topological polar surface area (TPSA) is 89.1 Å². The van der Waals surface area contributed by atoms with Gasteiger partial charge in [-0.15, -0.1) is 0 Å². The Morgan fingerprint density at radius 3 is 2.39 bits per heavy atom. The van der Waals surface area contributed by atoms with Gasteiger partial charge >= 0.3 is 0 Å². The van der Waals surface area contributed by atoms with Gasteiger partial charge in [0.2, 0.25) is 0 Å². The van der Waals surface area contributed by atoms with Gasteiger partial charge in [-0.25, -0.2) is 0 Å². The summed E-state index contributed by atoms with van der Waals surface area (Å²) in [6.07, 6.45) is 0.947. The maximum atomic E-state index is 13.9. The molecule has 0 spiro atoms. The summed E-state index contributed by atoms with van der Waals surface area (Å²) in [4.78, 5) is 13.9. The van der Waals surface area contributed by atoms with E-state index in [0.717, 1.165) is 39.7 Å². The zero-order valence-electron chi connectivity index (χ0n) is 20.2. The Morgan fingerprint density at radius 2 is 1.67 bits per heavy atom. The third-order valence-corrected chi connectivity index (χ3v) is 7.39. The number of fused-ring (bicyclic) bond motifs is 1. The summed E-state index contributed by atoms with van der Waals surface area (Å²) in [5, 5.41) is 17.5. The maximum Gasteiger partial charge on any atom is 0.172 e. The average molecular weight is 551 g/mol. The predicted molar refractivity (Wildman–Crippen MR) is 142 cm³/mol. The number of methoxy groups -OCH3 is 3. The molecule has 0 saturated heterocycles. The SMILES string of the molecule is COc1ccc(OC)c(C2CC(=O)C3=C(C2)Nc2ccccc2NC3c2cc(Br)c(O)c(OC)c2)c1. The molecule has 3 aromatic rings. The molecular weight excluding hydrogens is 524 g/mol. The molecule has 0 amide bonds. The minimum atomic E-state index is -0.442. The van der Waals surface area contributed by atoms with E-state index in [0.29, 0.717) is 28.6 Å². The summed E-state index contributed by atoms with van der Waals surface area (Å²) >= 11 is 3.43. The molecular formula is C28H27BrN2O5. The van der Waals surface area contributed by atoms with Crippen LogP contribution >= 0.6 is 15.9 Å². The number of rotatable bonds is 5. The standard InChI is InChI=1S/C28H27BrN2O5/c1-34-17-8-9-24(35-2)18(14-17)15-11-22-26(23(32)12-15)27(31-21-7-5-4-6-20(21)30-22)16-10-19(29)28(33)25(13-16)36-3/h4-10,13-15,27,30-31,33H,11-12H2,1-3H3. The quantitative estimate of drug-likeness (QED) is 0.350. The van der Waals surface area contributed by atoms with Gasteiger partial charge in [-0.05, 0) is 70.4 Å². The van der Waals surface area contributed by atoms with E-state index < -0.39 is 6.04 Å². The number of nitrogens with one attached hydrogen (secondary N) is 2. The van der Waals surface area contributed by atoms with Crippen molar-refractivity contribution in [3.63, 3.8) is 0 Å². The number of ketones is 1. The number of phenols is 1. The molecule has 2 atom stereocenters. The Hall–Kier alpha value is -3.65. The summed E-state index contributed by atoms with van der Waals surface area (Å²) in [6.45, 7) is 0. The van der Waals surface area contributed by atoms with Crippen molar-refractivity contribution in [2.75, 3.05) is 32.0 Å². The Labute approximate surface area is 218 Å². The number of carbonyl (C=O) groups is 1. The summed E-state index contributed by atoms with van der Waals surface area (Å²) in [6, 6.07) is 16.7. The first kappa shape index (κ1) is 24.1. The van der Waals surface area contributed by atoms with Gasteiger partial charge in [0.25, 0.3) is 0 Å².